The second-order valence-corrected chi connectivity index (χ2v) is 5.11. The summed E-state index contributed by atoms with van der Waals surface area (Å²) in [5.41, 5.74) is 1.88. The van der Waals surface area contributed by atoms with Crippen molar-refractivity contribution < 1.29 is 9.31 Å². The number of hydrogen-bond donors (Lipinski definition) is 1. The second-order valence-electron chi connectivity index (χ2n) is 4.70. The zero-order valence-corrected chi connectivity index (χ0v) is 12.1. The maximum absolute atomic E-state index is 13.1. The van der Waals surface area contributed by atoms with E-state index in [-0.39, 0.29) is 16.8 Å². The van der Waals surface area contributed by atoms with Gasteiger partial charge in [0.2, 0.25) is 0 Å². The van der Waals surface area contributed by atoms with Crippen molar-refractivity contribution in [3.05, 3.63) is 74.5 Å². The van der Waals surface area contributed by atoms with Crippen LogP contribution in [0.25, 0.3) is 0 Å². The minimum atomic E-state index is -0.442. The van der Waals surface area contributed by atoms with Gasteiger partial charge in [-0.25, -0.2) is 4.39 Å². The van der Waals surface area contributed by atoms with Crippen molar-refractivity contribution in [2.75, 3.05) is 0 Å². The average Bonchev–Trinajstić information content (AvgIpc) is 2.48. The van der Waals surface area contributed by atoms with Crippen molar-refractivity contribution in [1.82, 2.24) is 5.32 Å². The van der Waals surface area contributed by atoms with Crippen LogP contribution in [0.15, 0.2) is 42.5 Å². The Morgan fingerprint density at radius 3 is 2.52 bits per heavy atom. The fourth-order valence-electron chi connectivity index (χ4n) is 1.91. The molecule has 0 aromatic heterocycles. The van der Waals surface area contributed by atoms with Gasteiger partial charge in [-0.05, 0) is 30.2 Å². The fourth-order valence-corrected chi connectivity index (χ4v) is 2.10. The maximum Gasteiger partial charge on any atom is 0.269 e. The predicted octanol–water partition coefficient (Wildman–Crippen LogP) is 4.24. The highest BCUT2D eigenvalue weighted by molar-refractivity contribution is 6.30. The van der Waals surface area contributed by atoms with E-state index >= 15 is 0 Å². The molecule has 6 heteroatoms. The predicted molar refractivity (Wildman–Crippen MR) is 79.8 cm³/mol. The Hall–Kier alpha value is -1.98. The first kappa shape index (κ1) is 15.4. The number of nitrogens with zero attached hydrogens (tertiary/aromatic N) is 1. The fraction of sp³-hybridized carbons (Fsp3) is 0.200. The first-order valence-electron chi connectivity index (χ1n) is 6.39. The first-order chi connectivity index (χ1) is 9.97. The van der Waals surface area contributed by atoms with Gasteiger partial charge in [0, 0.05) is 24.7 Å². The maximum atomic E-state index is 13.1. The zero-order chi connectivity index (χ0) is 15.4. The van der Waals surface area contributed by atoms with Gasteiger partial charge in [-0.3, -0.25) is 10.1 Å². The molecule has 0 bridgehead atoms. The molecule has 0 fully saturated rings. The summed E-state index contributed by atoms with van der Waals surface area (Å²) in [6.45, 7) is 2.49. The molecule has 0 spiro atoms. The van der Waals surface area contributed by atoms with Crippen LogP contribution in [0.2, 0.25) is 5.02 Å². The molecule has 0 saturated heterocycles. The molecule has 0 amide bonds. The van der Waals surface area contributed by atoms with E-state index in [0.717, 1.165) is 11.1 Å². The number of non-ortho nitro benzene ring substituents is 1. The van der Waals surface area contributed by atoms with Crippen molar-refractivity contribution in [3.8, 4) is 0 Å². The largest absolute Gasteiger partial charge is 0.306 e. The third kappa shape index (κ3) is 4.00. The summed E-state index contributed by atoms with van der Waals surface area (Å²) in [6.07, 6.45) is 0. The van der Waals surface area contributed by atoms with E-state index in [1.807, 2.05) is 6.92 Å². The zero-order valence-electron chi connectivity index (χ0n) is 11.3. The molecule has 2 aromatic rings. The Morgan fingerprint density at radius 2 is 1.95 bits per heavy atom. The van der Waals surface area contributed by atoms with Gasteiger partial charge in [0.25, 0.3) is 5.69 Å². The van der Waals surface area contributed by atoms with Crippen molar-refractivity contribution >= 4 is 17.3 Å². The van der Waals surface area contributed by atoms with Crippen LogP contribution in [0.4, 0.5) is 10.1 Å². The summed E-state index contributed by atoms with van der Waals surface area (Å²) >= 11 is 5.76. The molecular weight excluding hydrogens is 295 g/mol. The summed E-state index contributed by atoms with van der Waals surface area (Å²) in [7, 11) is 0. The average molecular weight is 309 g/mol. The quantitative estimate of drug-likeness (QED) is 0.664. The van der Waals surface area contributed by atoms with Gasteiger partial charge >= 0.3 is 0 Å². The summed E-state index contributed by atoms with van der Waals surface area (Å²) in [5.74, 6) is -0.442. The van der Waals surface area contributed by atoms with Crippen LogP contribution < -0.4 is 5.32 Å². The summed E-state index contributed by atoms with van der Waals surface area (Å²) in [5, 5.41) is 13.9. The molecule has 0 aliphatic heterocycles. The van der Waals surface area contributed by atoms with E-state index in [4.69, 9.17) is 11.6 Å². The second kappa shape index (κ2) is 6.65. The number of nitro benzene ring substituents is 1. The molecule has 0 aliphatic rings. The van der Waals surface area contributed by atoms with E-state index in [1.54, 1.807) is 24.3 Å². The van der Waals surface area contributed by atoms with Gasteiger partial charge in [-0.15, -0.1) is 0 Å². The Balaban J connectivity index is 1.98. The molecule has 110 valence electrons. The van der Waals surface area contributed by atoms with Gasteiger partial charge in [0.05, 0.1) is 9.95 Å². The third-order valence-electron chi connectivity index (χ3n) is 3.20. The van der Waals surface area contributed by atoms with Crippen LogP contribution >= 0.6 is 11.6 Å². The lowest BCUT2D eigenvalue weighted by Gasteiger charge is -2.14. The highest BCUT2D eigenvalue weighted by atomic mass is 35.5. The van der Waals surface area contributed by atoms with E-state index < -0.39 is 10.7 Å². The Kier molecular flexibility index (Phi) is 4.88. The van der Waals surface area contributed by atoms with Crippen LogP contribution in [-0.2, 0) is 6.54 Å². The van der Waals surface area contributed by atoms with E-state index in [1.165, 1.54) is 18.2 Å². The van der Waals surface area contributed by atoms with Gasteiger partial charge in [-0.1, -0.05) is 29.8 Å². The lowest BCUT2D eigenvalue weighted by atomic mass is 10.1. The number of rotatable bonds is 5. The van der Waals surface area contributed by atoms with Crippen molar-refractivity contribution in [2.45, 2.75) is 19.5 Å². The molecule has 1 atom stereocenters. The lowest BCUT2D eigenvalue weighted by Crippen LogP contribution is -2.18. The van der Waals surface area contributed by atoms with Crippen molar-refractivity contribution in [2.24, 2.45) is 0 Å². The minimum absolute atomic E-state index is 0.0155. The summed E-state index contributed by atoms with van der Waals surface area (Å²) in [6, 6.07) is 10.9. The van der Waals surface area contributed by atoms with Gasteiger partial charge < -0.3 is 5.32 Å². The third-order valence-corrected chi connectivity index (χ3v) is 3.49. The Bertz CT molecular complexity index is 647. The molecule has 1 N–H and O–H groups in total. The molecule has 0 heterocycles. The molecule has 0 radical (unpaired) electrons. The molecule has 2 aromatic carbocycles. The number of hydrogen-bond acceptors (Lipinski definition) is 3. The van der Waals surface area contributed by atoms with Crippen LogP contribution in [0.5, 0.6) is 0 Å². The number of nitrogens with one attached hydrogen (secondary N) is 1. The molecule has 4 nitrogen and oxygen atoms in total. The monoisotopic (exact) mass is 308 g/mol. The van der Waals surface area contributed by atoms with Crippen molar-refractivity contribution in [3.63, 3.8) is 0 Å². The SMILES string of the molecule is CC(NCc1ccc([N+](=O)[O-])cc1)c1ccc(F)c(Cl)c1. The molecule has 0 saturated carbocycles. The van der Waals surface area contributed by atoms with Gasteiger partial charge in [0.1, 0.15) is 5.82 Å². The van der Waals surface area contributed by atoms with E-state index in [9.17, 15) is 14.5 Å². The first-order valence-corrected chi connectivity index (χ1v) is 6.77. The van der Waals surface area contributed by atoms with Crippen LogP contribution in [0.1, 0.15) is 24.1 Å². The number of nitro groups is 1. The topological polar surface area (TPSA) is 55.2 Å². The standard InChI is InChI=1S/C15H14ClFN2O2/c1-10(12-4-7-15(17)14(16)8-12)18-9-11-2-5-13(6-3-11)19(20)21/h2-8,10,18H,9H2,1H3. The number of benzene rings is 2. The molecule has 21 heavy (non-hydrogen) atoms. The highest BCUT2D eigenvalue weighted by Gasteiger charge is 2.09. The summed E-state index contributed by atoms with van der Waals surface area (Å²) < 4.78 is 13.1. The Morgan fingerprint density at radius 1 is 1.29 bits per heavy atom. The molecule has 0 aliphatic carbocycles. The summed E-state index contributed by atoms with van der Waals surface area (Å²) in [4.78, 5) is 10.1. The van der Waals surface area contributed by atoms with Crippen LogP contribution in [-0.4, -0.2) is 4.92 Å². The van der Waals surface area contributed by atoms with E-state index in [2.05, 4.69) is 5.32 Å². The molecule has 2 rings (SSSR count). The smallest absolute Gasteiger partial charge is 0.269 e. The van der Waals surface area contributed by atoms with Gasteiger partial charge in [0.15, 0.2) is 0 Å². The minimum Gasteiger partial charge on any atom is -0.306 e. The van der Waals surface area contributed by atoms with Crippen LogP contribution in [0, 0.1) is 15.9 Å². The van der Waals surface area contributed by atoms with Gasteiger partial charge in [-0.2, -0.15) is 0 Å². The Labute approximate surface area is 126 Å². The van der Waals surface area contributed by atoms with Crippen molar-refractivity contribution in [1.29, 1.82) is 0 Å². The lowest BCUT2D eigenvalue weighted by molar-refractivity contribution is -0.384. The van der Waals surface area contributed by atoms with Crippen LogP contribution in [0.3, 0.4) is 0 Å². The normalized spacial score (nSPS) is 12.1. The number of halogens is 2. The molecular formula is C15H14ClFN2O2. The molecule has 1 unspecified atom stereocenters. The van der Waals surface area contributed by atoms with E-state index in [0.29, 0.717) is 6.54 Å². The highest BCUT2D eigenvalue weighted by Crippen LogP contribution is 2.21.